The number of anilines is 1. The second kappa shape index (κ2) is 8.17. The fourth-order valence-corrected chi connectivity index (χ4v) is 3.61. The zero-order chi connectivity index (χ0) is 20.4. The van der Waals surface area contributed by atoms with Crippen LogP contribution < -0.4 is 5.32 Å². The van der Waals surface area contributed by atoms with E-state index in [0.717, 1.165) is 41.8 Å². The lowest BCUT2D eigenvalue weighted by molar-refractivity contribution is 0.0657. The van der Waals surface area contributed by atoms with Crippen molar-refractivity contribution in [3.05, 3.63) is 76.9 Å². The van der Waals surface area contributed by atoms with E-state index in [4.69, 9.17) is 4.74 Å². The highest BCUT2D eigenvalue weighted by molar-refractivity contribution is 6.04. The Hall–Kier alpha value is -2.99. The molecule has 0 spiro atoms. The van der Waals surface area contributed by atoms with Gasteiger partial charge in [-0.05, 0) is 75.1 Å². The largest absolute Gasteiger partial charge is 0.374 e. The number of hydrogen-bond donors (Lipinski definition) is 1. The molecule has 5 nitrogen and oxygen atoms in total. The first-order chi connectivity index (χ1) is 14.0. The molecule has 0 aliphatic heterocycles. The van der Waals surface area contributed by atoms with Crippen LogP contribution >= 0.6 is 0 Å². The Bertz CT molecular complexity index is 1030. The molecule has 2 aromatic carbocycles. The lowest BCUT2D eigenvalue weighted by Gasteiger charge is -2.10. The first-order valence-electron chi connectivity index (χ1n) is 9.90. The van der Waals surface area contributed by atoms with Crippen molar-refractivity contribution in [3.63, 3.8) is 0 Å². The number of carbonyl (C=O) groups excluding carboxylic acids is 1. The van der Waals surface area contributed by atoms with Crippen LogP contribution in [0, 0.1) is 5.82 Å². The van der Waals surface area contributed by atoms with E-state index in [0.29, 0.717) is 18.0 Å². The summed E-state index contributed by atoms with van der Waals surface area (Å²) in [7, 11) is 0. The van der Waals surface area contributed by atoms with Gasteiger partial charge in [-0.15, -0.1) is 0 Å². The first-order valence-corrected chi connectivity index (χ1v) is 9.90. The number of carbonyl (C=O) groups is 1. The van der Waals surface area contributed by atoms with Gasteiger partial charge in [0.1, 0.15) is 5.82 Å². The van der Waals surface area contributed by atoms with Crippen LogP contribution in [0.5, 0.6) is 0 Å². The van der Waals surface area contributed by atoms with E-state index in [1.165, 1.54) is 12.1 Å². The maximum absolute atomic E-state index is 13.3. The Labute approximate surface area is 169 Å². The molecule has 4 rings (SSSR count). The van der Waals surface area contributed by atoms with Gasteiger partial charge in [0.25, 0.3) is 5.91 Å². The minimum atomic E-state index is -0.295. The molecule has 3 aromatic rings. The molecular formula is C23H24FN3O2. The fourth-order valence-electron chi connectivity index (χ4n) is 3.61. The minimum absolute atomic E-state index is 0.145. The SMILES string of the molecule is CC(C)OCc1cccc(NC(=O)c2nn(-c3ccc(F)cc3)c3c2CCC3)c1. The third-order valence-corrected chi connectivity index (χ3v) is 4.98. The quantitative estimate of drug-likeness (QED) is 0.662. The summed E-state index contributed by atoms with van der Waals surface area (Å²) in [5.41, 5.74) is 4.91. The standard InChI is InChI=1S/C23H24FN3O2/c1-15(2)29-14-16-5-3-6-18(13-16)25-23(28)22-20-7-4-8-21(20)27(26-22)19-11-9-17(24)10-12-19/h3,5-6,9-13,15H,4,7-8,14H2,1-2H3,(H,25,28). The highest BCUT2D eigenvalue weighted by Crippen LogP contribution is 2.28. The van der Waals surface area contributed by atoms with Crippen LogP contribution in [0.1, 0.15) is 47.6 Å². The van der Waals surface area contributed by atoms with Gasteiger partial charge in [-0.3, -0.25) is 4.79 Å². The van der Waals surface area contributed by atoms with Gasteiger partial charge in [0.05, 0.1) is 18.4 Å². The summed E-state index contributed by atoms with van der Waals surface area (Å²) < 4.78 is 20.7. The van der Waals surface area contributed by atoms with Gasteiger partial charge in [-0.25, -0.2) is 9.07 Å². The Kier molecular flexibility index (Phi) is 5.45. The number of halogens is 1. The van der Waals surface area contributed by atoms with Crippen LogP contribution in [0.15, 0.2) is 48.5 Å². The fraction of sp³-hybridized carbons (Fsp3) is 0.304. The summed E-state index contributed by atoms with van der Waals surface area (Å²) in [6, 6.07) is 13.8. The van der Waals surface area contributed by atoms with Crippen molar-refractivity contribution < 1.29 is 13.9 Å². The normalized spacial score (nSPS) is 13.0. The van der Waals surface area contributed by atoms with Crippen molar-refractivity contribution in [3.8, 4) is 5.69 Å². The summed E-state index contributed by atoms with van der Waals surface area (Å²) in [6.07, 6.45) is 2.80. The number of aromatic nitrogens is 2. The molecular weight excluding hydrogens is 369 g/mol. The maximum atomic E-state index is 13.3. The molecule has 0 saturated carbocycles. The molecule has 0 bridgehead atoms. The van der Waals surface area contributed by atoms with Crippen LogP contribution in [0.25, 0.3) is 5.69 Å². The highest BCUT2D eigenvalue weighted by atomic mass is 19.1. The van der Waals surface area contributed by atoms with E-state index >= 15 is 0 Å². The van der Waals surface area contributed by atoms with Crippen LogP contribution in [0.3, 0.4) is 0 Å². The number of nitrogens with one attached hydrogen (secondary N) is 1. The summed E-state index contributed by atoms with van der Waals surface area (Å²) in [5.74, 6) is -0.525. The number of fused-ring (bicyclic) bond motifs is 1. The van der Waals surface area contributed by atoms with Gasteiger partial charge in [-0.1, -0.05) is 12.1 Å². The maximum Gasteiger partial charge on any atom is 0.276 e. The molecule has 0 unspecified atom stereocenters. The van der Waals surface area contributed by atoms with Gasteiger partial charge in [0.2, 0.25) is 0 Å². The van der Waals surface area contributed by atoms with Crippen molar-refractivity contribution in [2.45, 2.75) is 45.8 Å². The van der Waals surface area contributed by atoms with E-state index in [9.17, 15) is 9.18 Å². The van der Waals surface area contributed by atoms with Crippen molar-refractivity contribution >= 4 is 11.6 Å². The number of nitrogens with zero attached hydrogens (tertiary/aromatic N) is 2. The van der Waals surface area contributed by atoms with E-state index in [1.807, 2.05) is 38.1 Å². The Balaban J connectivity index is 1.58. The van der Waals surface area contributed by atoms with Gasteiger partial charge < -0.3 is 10.1 Å². The predicted molar refractivity (Wildman–Crippen MR) is 110 cm³/mol. The second-order valence-electron chi connectivity index (χ2n) is 7.53. The van der Waals surface area contributed by atoms with Crippen molar-refractivity contribution in [2.24, 2.45) is 0 Å². The molecule has 0 fully saturated rings. The highest BCUT2D eigenvalue weighted by Gasteiger charge is 2.27. The molecule has 29 heavy (non-hydrogen) atoms. The number of amides is 1. The van der Waals surface area contributed by atoms with Crippen LogP contribution in [0.2, 0.25) is 0 Å². The van der Waals surface area contributed by atoms with E-state index in [-0.39, 0.29) is 17.8 Å². The second-order valence-corrected chi connectivity index (χ2v) is 7.53. The van der Waals surface area contributed by atoms with E-state index in [1.54, 1.807) is 16.8 Å². The Morgan fingerprint density at radius 1 is 1.21 bits per heavy atom. The summed E-state index contributed by atoms with van der Waals surface area (Å²) in [4.78, 5) is 13.0. The molecule has 0 radical (unpaired) electrons. The first kappa shape index (κ1) is 19.3. The van der Waals surface area contributed by atoms with Crippen molar-refractivity contribution in [1.82, 2.24) is 9.78 Å². The molecule has 1 amide bonds. The van der Waals surface area contributed by atoms with Gasteiger partial charge in [0, 0.05) is 16.9 Å². The van der Waals surface area contributed by atoms with Crippen LogP contribution in [0.4, 0.5) is 10.1 Å². The number of hydrogen-bond acceptors (Lipinski definition) is 3. The summed E-state index contributed by atoms with van der Waals surface area (Å²) in [5, 5.41) is 7.53. The molecule has 0 atom stereocenters. The zero-order valence-corrected chi connectivity index (χ0v) is 16.6. The lowest BCUT2D eigenvalue weighted by atomic mass is 10.1. The van der Waals surface area contributed by atoms with Crippen LogP contribution in [-0.2, 0) is 24.2 Å². The number of benzene rings is 2. The smallest absolute Gasteiger partial charge is 0.276 e. The molecule has 1 aliphatic rings. The number of ether oxygens (including phenoxy) is 1. The zero-order valence-electron chi connectivity index (χ0n) is 16.6. The van der Waals surface area contributed by atoms with Crippen molar-refractivity contribution in [2.75, 3.05) is 5.32 Å². The van der Waals surface area contributed by atoms with Crippen molar-refractivity contribution in [1.29, 1.82) is 0 Å². The topological polar surface area (TPSA) is 56.1 Å². The molecule has 1 aliphatic carbocycles. The molecule has 0 saturated heterocycles. The van der Waals surface area contributed by atoms with Crippen LogP contribution in [-0.4, -0.2) is 21.8 Å². The average molecular weight is 393 g/mol. The average Bonchev–Trinajstić information content (AvgIpc) is 3.30. The molecule has 6 heteroatoms. The third-order valence-electron chi connectivity index (χ3n) is 4.98. The number of rotatable bonds is 6. The molecule has 1 N–H and O–H groups in total. The van der Waals surface area contributed by atoms with Gasteiger partial charge >= 0.3 is 0 Å². The molecule has 150 valence electrons. The minimum Gasteiger partial charge on any atom is -0.374 e. The van der Waals surface area contributed by atoms with E-state index in [2.05, 4.69) is 10.4 Å². The monoisotopic (exact) mass is 393 g/mol. The third kappa shape index (κ3) is 4.22. The molecule has 1 aromatic heterocycles. The van der Waals surface area contributed by atoms with Gasteiger partial charge in [0.15, 0.2) is 5.69 Å². The lowest BCUT2D eigenvalue weighted by Crippen LogP contribution is -2.15. The summed E-state index contributed by atoms with van der Waals surface area (Å²) in [6.45, 7) is 4.48. The molecule has 1 heterocycles. The summed E-state index contributed by atoms with van der Waals surface area (Å²) >= 11 is 0. The van der Waals surface area contributed by atoms with E-state index < -0.39 is 0 Å². The van der Waals surface area contributed by atoms with Gasteiger partial charge in [-0.2, -0.15) is 5.10 Å². The predicted octanol–water partition coefficient (Wildman–Crippen LogP) is 4.68. The Morgan fingerprint density at radius 3 is 2.76 bits per heavy atom. The Morgan fingerprint density at radius 2 is 2.00 bits per heavy atom.